The number of hydrogen-bond acceptors (Lipinski definition) is 19. The monoisotopic (exact) mass is 1410 g/mol. The van der Waals surface area contributed by atoms with Crippen LogP contribution < -0.4 is 31.9 Å². The third kappa shape index (κ3) is 28.9. The van der Waals surface area contributed by atoms with Crippen molar-refractivity contribution < 1.29 is 71.6 Å². The Kier molecular flexibility index (Phi) is 34.1. The van der Waals surface area contributed by atoms with E-state index in [1.807, 2.05) is 177 Å². The van der Waals surface area contributed by atoms with Crippen LogP contribution in [0.25, 0.3) is 11.1 Å². The molecule has 7 rings (SSSR count). The van der Waals surface area contributed by atoms with Gasteiger partial charge in [-0.2, -0.15) is 0 Å². The van der Waals surface area contributed by atoms with Crippen molar-refractivity contribution in [3.63, 3.8) is 0 Å². The van der Waals surface area contributed by atoms with E-state index in [2.05, 4.69) is 51.9 Å². The number of nitrogens with one attached hydrogen (secondary N) is 6. The number of fused-ring (bicyclic) bond motifs is 3. The molecule has 6 aromatic carbocycles. The summed E-state index contributed by atoms with van der Waals surface area (Å²) in [5.41, 5.74) is 7.18. The normalized spacial score (nSPS) is 13.1. The van der Waals surface area contributed by atoms with Gasteiger partial charge in [-0.3, -0.25) is 63.1 Å². The molecule has 6 aromatic rings. The second kappa shape index (κ2) is 44.6. The fraction of sp³-hybridized carbons (Fsp3) is 0.359. The number of esters is 4. The summed E-state index contributed by atoms with van der Waals surface area (Å²) in [5.74, 6) is -7.87. The fourth-order valence-electron chi connectivity index (χ4n) is 10.6. The van der Waals surface area contributed by atoms with E-state index in [1.54, 1.807) is 24.9 Å². The van der Waals surface area contributed by atoms with Gasteiger partial charge in [0.2, 0.25) is 29.5 Å². The highest BCUT2D eigenvalue weighted by Crippen LogP contribution is 2.44. The Bertz CT molecular complexity index is 3790. The number of ether oxygens (including phenoxy) is 5. The molecule has 5 atom stereocenters. The number of carbonyl (C=O) groups excluding carboxylic acids is 10. The van der Waals surface area contributed by atoms with Crippen LogP contribution in [0.15, 0.2) is 190 Å². The van der Waals surface area contributed by atoms with Crippen LogP contribution in [0.3, 0.4) is 0 Å². The second-order valence-electron chi connectivity index (χ2n) is 23.9. The lowest BCUT2D eigenvalue weighted by atomic mass is 9.98. The van der Waals surface area contributed by atoms with Crippen molar-refractivity contribution in [1.29, 1.82) is 0 Å². The zero-order chi connectivity index (χ0) is 73.2. The summed E-state index contributed by atoms with van der Waals surface area (Å²) in [6.45, 7) is 3.36. The maximum atomic E-state index is 14.8. The van der Waals surface area contributed by atoms with Crippen LogP contribution >= 0.6 is 0 Å². The highest BCUT2D eigenvalue weighted by molar-refractivity contribution is 5.97. The first-order valence-electron chi connectivity index (χ1n) is 34.6. The van der Waals surface area contributed by atoms with E-state index in [-0.39, 0.29) is 97.4 Å². The van der Waals surface area contributed by atoms with Crippen LogP contribution in [-0.2, 0) is 66.8 Å². The molecule has 25 heteroatoms. The topological polar surface area (TPSA) is 338 Å². The van der Waals surface area contributed by atoms with Gasteiger partial charge in [-0.05, 0) is 83.5 Å². The molecule has 0 spiro atoms. The average molecular weight is 1410 g/mol. The van der Waals surface area contributed by atoms with Crippen molar-refractivity contribution in [2.75, 3.05) is 65.8 Å². The van der Waals surface area contributed by atoms with E-state index in [1.165, 1.54) is 6.92 Å². The van der Waals surface area contributed by atoms with Gasteiger partial charge < -0.3 is 55.6 Å². The van der Waals surface area contributed by atoms with Crippen molar-refractivity contribution in [3.8, 4) is 11.1 Å². The summed E-state index contributed by atoms with van der Waals surface area (Å²) in [4.78, 5) is 156. The van der Waals surface area contributed by atoms with Gasteiger partial charge in [0.1, 0.15) is 63.2 Å². The number of rotatable bonds is 43. The number of hydrogen-bond donors (Lipinski definition) is 6. The molecule has 6 amide bonds. The summed E-state index contributed by atoms with van der Waals surface area (Å²) < 4.78 is 27.5. The molecule has 0 unspecified atom stereocenters. The van der Waals surface area contributed by atoms with E-state index in [0.29, 0.717) is 6.42 Å². The first kappa shape index (κ1) is 78.8. The predicted molar refractivity (Wildman–Crippen MR) is 390 cm³/mol. The molecule has 103 heavy (non-hydrogen) atoms. The minimum atomic E-state index is -1.67. The molecule has 0 bridgehead atoms. The summed E-state index contributed by atoms with van der Waals surface area (Å²) in [6, 6.07) is 44.9. The largest absolute Gasteiger partial charge is 0.464 e. The highest BCUT2D eigenvalue weighted by Gasteiger charge is 2.34. The lowest BCUT2D eigenvalue weighted by Crippen LogP contribution is -2.59. The van der Waals surface area contributed by atoms with Gasteiger partial charge in [-0.1, -0.05) is 183 Å². The number of amides is 6. The van der Waals surface area contributed by atoms with E-state index in [4.69, 9.17) is 23.7 Å². The van der Waals surface area contributed by atoms with E-state index in [0.717, 1.165) is 50.9 Å². The minimum Gasteiger partial charge on any atom is -0.464 e. The van der Waals surface area contributed by atoms with E-state index in [9.17, 15) is 47.9 Å². The average Bonchev–Trinajstić information content (AvgIpc) is 1.62. The number of aliphatic imine (C=N–C) groups is 4. The summed E-state index contributed by atoms with van der Waals surface area (Å²) in [6.07, 6.45) is 3.72. The molecule has 1 aliphatic carbocycles. The van der Waals surface area contributed by atoms with Gasteiger partial charge in [-0.15, -0.1) is 0 Å². The molecule has 0 aliphatic heterocycles. The van der Waals surface area contributed by atoms with Crippen molar-refractivity contribution >= 4 is 84.4 Å². The SMILES string of the molecule is CCCCNC(=O)[C@H](CCC(=O)OCCN=Cc1ccccc1)NC(=O)[C@H](CCC(=O)OCCN=Cc1ccccc1)NC(=O)[C@H](CCC(=O)OCCN=Cc1ccccc1)NC(=O)[C@H](C)NC(=O)[C@H](CCC(=O)OCCN=Cc1ccccc1)NC(=O)OCC1c2ccccc2-c2ccccc21. The number of nitrogens with zero attached hydrogens (tertiary/aromatic N) is 4. The molecule has 6 N–H and O–H groups in total. The van der Waals surface area contributed by atoms with Gasteiger partial charge in [0.15, 0.2) is 0 Å². The molecular formula is C78H90N10O15. The van der Waals surface area contributed by atoms with E-state index < -0.39 is 115 Å². The van der Waals surface area contributed by atoms with Gasteiger partial charge >= 0.3 is 30.0 Å². The van der Waals surface area contributed by atoms with Crippen molar-refractivity contribution in [1.82, 2.24) is 31.9 Å². The number of alkyl carbamates (subject to hydrolysis) is 1. The molecule has 0 radical (unpaired) electrons. The Morgan fingerprint density at radius 2 is 0.689 bits per heavy atom. The summed E-state index contributed by atoms with van der Waals surface area (Å²) >= 11 is 0. The molecule has 0 saturated carbocycles. The predicted octanol–water partition coefficient (Wildman–Crippen LogP) is 7.54. The molecule has 1 aliphatic rings. The Labute approximate surface area is 599 Å². The third-order valence-electron chi connectivity index (χ3n) is 16.1. The van der Waals surface area contributed by atoms with E-state index >= 15 is 0 Å². The Balaban J connectivity index is 1.07. The molecule has 0 heterocycles. The van der Waals surface area contributed by atoms with Gasteiger partial charge in [0.25, 0.3) is 0 Å². The Morgan fingerprint density at radius 1 is 0.379 bits per heavy atom. The van der Waals surface area contributed by atoms with Crippen molar-refractivity contribution in [3.05, 3.63) is 203 Å². The zero-order valence-corrected chi connectivity index (χ0v) is 58.0. The van der Waals surface area contributed by atoms with Crippen molar-refractivity contribution in [2.24, 2.45) is 20.0 Å². The molecule has 25 nitrogen and oxygen atoms in total. The van der Waals surface area contributed by atoms with Crippen LogP contribution in [0, 0.1) is 0 Å². The minimum absolute atomic E-state index is 0.0672. The Morgan fingerprint density at radius 3 is 1.05 bits per heavy atom. The lowest BCUT2D eigenvalue weighted by Gasteiger charge is -2.26. The number of carbonyl (C=O) groups is 10. The maximum absolute atomic E-state index is 14.8. The first-order valence-corrected chi connectivity index (χ1v) is 34.6. The van der Waals surface area contributed by atoms with Gasteiger partial charge in [0.05, 0.1) is 26.2 Å². The third-order valence-corrected chi connectivity index (χ3v) is 16.1. The zero-order valence-electron chi connectivity index (χ0n) is 58.0. The van der Waals surface area contributed by atoms with Crippen LogP contribution in [0.4, 0.5) is 4.79 Å². The molecule has 0 fully saturated rings. The molecule has 0 aromatic heterocycles. The molecule has 0 saturated heterocycles. The fourth-order valence-corrected chi connectivity index (χ4v) is 10.6. The van der Waals surface area contributed by atoms with Crippen LogP contribution in [0.1, 0.15) is 117 Å². The summed E-state index contributed by atoms with van der Waals surface area (Å²) in [5, 5.41) is 15.7. The van der Waals surface area contributed by atoms with Gasteiger partial charge in [0, 0.05) is 63.0 Å². The lowest BCUT2D eigenvalue weighted by molar-refractivity contribution is -0.145. The van der Waals surface area contributed by atoms with Crippen LogP contribution in [0.5, 0.6) is 0 Å². The quantitative estimate of drug-likeness (QED) is 0.00932. The highest BCUT2D eigenvalue weighted by atomic mass is 16.6. The molecular weight excluding hydrogens is 1320 g/mol. The number of unbranched alkanes of at least 4 members (excludes halogenated alkanes) is 1. The first-order chi connectivity index (χ1) is 50.1. The Hall–Kier alpha value is -11.5. The molecule has 542 valence electrons. The van der Waals surface area contributed by atoms with Gasteiger partial charge in [-0.25, -0.2) is 4.79 Å². The standard InChI is InChI=1S/C78H90N10O15/c1-3-4-41-83-74(94)65(33-37-69(89)99-46-42-79-50-56-21-9-5-10-22-56)86-77(97)67(35-39-71(91)101-48-44-81-52-58-25-13-7-14-26-58)87-76(96)66(34-38-70(90)100-47-43-80-51-57-23-11-6-12-24-57)85-73(93)55(2)84-75(95)68(36-40-72(92)102-49-45-82-53-59-27-15-8-16-28-59)88-78(98)103-54-64-62-31-19-17-29-60(62)61-30-18-20-32-63(61)64/h5-32,50-53,55,64-68H,3-4,33-49,54H2,1-2H3,(H,83,94)(H,84,95)(H,85,93)(H,86,97)(H,87,96)(H,88,98)/t55-,65-,66-,67-,68-/m0/s1. The van der Waals surface area contributed by atoms with Crippen LogP contribution in [0.2, 0.25) is 0 Å². The van der Waals surface area contributed by atoms with Crippen molar-refractivity contribution in [2.45, 2.75) is 114 Å². The smallest absolute Gasteiger partial charge is 0.407 e. The maximum Gasteiger partial charge on any atom is 0.407 e. The number of benzene rings is 6. The summed E-state index contributed by atoms with van der Waals surface area (Å²) in [7, 11) is 0. The van der Waals surface area contributed by atoms with Crippen LogP contribution in [-0.4, -0.2) is 180 Å². The second-order valence-corrected chi connectivity index (χ2v) is 23.9.